The van der Waals surface area contributed by atoms with Gasteiger partial charge < -0.3 is 9.32 Å². The summed E-state index contributed by atoms with van der Waals surface area (Å²) in [6.45, 7) is 0.733. The van der Waals surface area contributed by atoms with E-state index in [1.807, 2.05) is 6.07 Å². The maximum absolute atomic E-state index is 12.4. The van der Waals surface area contributed by atoms with Crippen LogP contribution in [0.4, 0.5) is 0 Å². The summed E-state index contributed by atoms with van der Waals surface area (Å²) in [6, 6.07) is 2.43. The average Bonchev–Trinajstić information content (AvgIpc) is 3.14. The third-order valence-electron chi connectivity index (χ3n) is 4.16. The van der Waals surface area contributed by atoms with E-state index in [4.69, 9.17) is 4.42 Å². The topological polar surface area (TPSA) is 33.5 Å². The van der Waals surface area contributed by atoms with Gasteiger partial charge in [0.25, 0.3) is 0 Å². The lowest BCUT2D eigenvalue weighted by molar-refractivity contribution is -0.136. The first kappa shape index (κ1) is 11.8. The van der Waals surface area contributed by atoms with Crippen molar-refractivity contribution in [1.29, 1.82) is 0 Å². The molecule has 0 spiro atoms. The fourth-order valence-corrected chi connectivity index (χ4v) is 2.92. The smallest absolute Gasteiger partial charge is 0.226 e. The van der Waals surface area contributed by atoms with Crippen LogP contribution < -0.4 is 0 Å². The highest BCUT2D eigenvalue weighted by molar-refractivity contribution is 5.81. The molecule has 1 aromatic rings. The zero-order chi connectivity index (χ0) is 12.4. The Morgan fingerprint density at radius 3 is 2.61 bits per heavy atom. The highest BCUT2D eigenvalue weighted by atomic mass is 16.3. The lowest BCUT2D eigenvalue weighted by atomic mass is 9.93. The first-order valence-electron chi connectivity index (χ1n) is 7.16. The molecule has 0 aliphatic heterocycles. The molecular weight excluding hydrogens is 226 g/mol. The molecule has 0 unspecified atom stereocenters. The standard InChI is InChI=1S/C15H21NO2/c17-15(13-6-7-13)16(10-12-8-9-18-11-12)14-4-2-1-3-5-14/h8-9,11,13-14H,1-7,10H2. The van der Waals surface area contributed by atoms with Crippen LogP contribution in [0.15, 0.2) is 23.0 Å². The van der Waals surface area contributed by atoms with E-state index in [1.165, 1.54) is 32.1 Å². The number of carbonyl (C=O) groups is 1. The Kier molecular flexibility index (Phi) is 3.39. The number of hydrogen-bond donors (Lipinski definition) is 0. The Morgan fingerprint density at radius 1 is 1.22 bits per heavy atom. The Bertz CT molecular complexity index is 389. The summed E-state index contributed by atoms with van der Waals surface area (Å²) in [5.74, 6) is 0.696. The van der Waals surface area contributed by atoms with Crippen LogP contribution in [0.25, 0.3) is 0 Å². The third-order valence-corrected chi connectivity index (χ3v) is 4.16. The van der Waals surface area contributed by atoms with Gasteiger partial charge >= 0.3 is 0 Å². The molecule has 3 rings (SSSR count). The van der Waals surface area contributed by atoms with E-state index in [0.717, 1.165) is 24.9 Å². The first-order chi connectivity index (χ1) is 8.84. The summed E-state index contributed by atoms with van der Waals surface area (Å²) < 4.78 is 5.12. The lowest BCUT2D eigenvalue weighted by Gasteiger charge is -2.34. The molecule has 1 amide bonds. The molecular formula is C15H21NO2. The minimum Gasteiger partial charge on any atom is -0.472 e. The van der Waals surface area contributed by atoms with Crippen LogP contribution in [-0.2, 0) is 11.3 Å². The maximum atomic E-state index is 12.4. The number of rotatable bonds is 4. The van der Waals surface area contributed by atoms with Crippen molar-refractivity contribution < 1.29 is 9.21 Å². The molecule has 0 radical (unpaired) electrons. The van der Waals surface area contributed by atoms with Crippen molar-refractivity contribution >= 4 is 5.91 Å². The maximum Gasteiger partial charge on any atom is 0.226 e. The van der Waals surface area contributed by atoms with Crippen molar-refractivity contribution in [2.24, 2.45) is 5.92 Å². The van der Waals surface area contributed by atoms with Gasteiger partial charge in [-0.1, -0.05) is 19.3 Å². The summed E-state index contributed by atoms with van der Waals surface area (Å²) in [4.78, 5) is 14.6. The summed E-state index contributed by atoms with van der Waals surface area (Å²) >= 11 is 0. The van der Waals surface area contributed by atoms with Gasteiger partial charge in [0.2, 0.25) is 5.91 Å². The van der Waals surface area contributed by atoms with Crippen LogP contribution >= 0.6 is 0 Å². The number of carbonyl (C=O) groups excluding carboxylic acids is 1. The van der Waals surface area contributed by atoms with Gasteiger partial charge in [-0.25, -0.2) is 0 Å². The van der Waals surface area contributed by atoms with Crippen molar-refractivity contribution in [3.8, 4) is 0 Å². The molecule has 3 heteroatoms. The van der Waals surface area contributed by atoms with E-state index in [9.17, 15) is 4.79 Å². The van der Waals surface area contributed by atoms with E-state index < -0.39 is 0 Å². The fraction of sp³-hybridized carbons (Fsp3) is 0.667. The van der Waals surface area contributed by atoms with Gasteiger partial charge in [-0.2, -0.15) is 0 Å². The minimum absolute atomic E-state index is 0.318. The van der Waals surface area contributed by atoms with Crippen molar-refractivity contribution in [3.05, 3.63) is 24.2 Å². The summed E-state index contributed by atoms with van der Waals surface area (Å²) in [5, 5.41) is 0. The molecule has 1 heterocycles. The third kappa shape index (κ3) is 2.60. The van der Waals surface area contributed by atoms with Gasteiger partial charge in [0.15, 0.2) is 0 Å². The van der Waals surface area contributed by atoms with E-state index in [2.05, 4.69) is 4.90 Å². The van der Waals surface area contributed by atoms with Gasteiger partial charge in [-0.05, 0) is 31.7 Å². The lowest BCUT2D eigenvalue weighted by Crippen LogP contribution is -2.41. The van der Waals surface area contributed by atoms with Crippen LogP contribution in [0, 0.1) is 5.92 Å². The first-order valence-corrected chi connectivity index (χ1v) is 7.16. The zero-order valence-electron chi connectivity index (χ0n) is 10.8. The summed E-state index contributed by atoms with van der Waals surface area (Å²) in [7, 11) is 0. The molecule has 2 aliphatic carbocycles. The quantitative estimate of drug-likeness (QED) is 0.817. The second kappa shape index (κ2) is 5.17. The Balaban J connectivity index is 1.71. The predicted molar refractivity (Wildman–Crippen MR) is 68.9 cm³/mol. The van der Waals surface area contributed by atoms with Gasteiger partial charge in [0, 0.05) is 24.1 Å². The van der Waals surface area contributed by atoms with Crippen LogP contribution in [-0.4, -0.2) is 16.8 Å². The van der Waals surface area contributed by atoms with Crippen molar-refractivity contribution in [2.75, 3.05) is 0 Å². The predicted octanol–water partition coefficient (Wildman–Crippen LogP) is 3.35. The largest absolute Gasteiger partial charge is 0.472 e. The minimum atomic E-state index is 0.318. The number of furan rings is 1. The summed E-state index contributed by atoms with van der Waals surface area (Å²) in [5.41, 5.74) is 1.12. The van der Waals surface area contributed by atoms with E-state index in [1.54, 1.807) is 12.5 Å². The van der Waals surface area contributed by atoms with Crippen molar-refractivity contribution in [3.63, 3.8) is 0 Å². The van der Waals surface area contributed by atoms with Gasteiger partial charge in [0.1, 0.15) is 0 Å². The molecule has 18 heavy (non-hydrogen) atoms. The molecule has 0 N–H and O–H groups in total. The molecule has 2 saturated carbocycles. The van der Waals surface area contributed by atoms with Crippen molar-refractivity contribution in [2.45, 2.75) is 57.5 Å². The van der Waals surface area contributed by atoms with E-state index in [0.29, 0.717) is 17.9 Å². The van der Waals surface area contributed by atoms with Crippen LogP contribution in [0.2, 0.25) is 0 Å². The highest BCUT2D eigenvalue weighted by Gasteiger charge is 2.36. The number of nitrogens with zero attached hydrogens (tertiary/aromatic N) is 1. The molecule has 98 valence electrons. The van der Waals surface area contributed by atoms with Crippen molar-refractivity contribution in [1.82, 2.24) is 4.90 Å². The second-order valence-electron chi connectivity index (χ2n) is 5.66. The van der Waals surface area contributed by atoms with Crippen LogP contribution in [0.3, 0.4) is 0 Å². The fourth-order valence-electron chi connectivity index (χ4n) is 2.92. The molecule has 0 atom stereocenters. The normalized spacial score (nSPS) is 20.9. The van der Waals surface area contributed by atoms with Crippen LogP contribution in [0.1, 0.15) is 50.5 Å². The molecule has 1 aromatic heterocycles. The molecule has 2 aliphatic rings. The Morgan fingerprint density at radius 2 is 2.00 bits per heavy atom. The molecule has 0 bridgehead atoms. The summed E-state index contributed by atoms with van der Waals surface area (Å²) in [6.07, 6.45) is 11.8. The second-order valence-corrected chi connectivity index (χ2v) is 5.66. The van der Waals surface area contributed by atoms with Gasteiger partial charge in [0.05, 0.1) is 12.5 Å². The monoisotopic (exact) mass is 247 g/mol. The highest BCUT2D eigenvalue weighted by Crippen LogP contribution is 2.34. The number of hydrogen-bond acceptors (Lipinski definition) is 2. The number of amides is 1. The Labute approximate surface area is 108 Å². The van der Waals surface area contributed by atoms with Crippen LogP contribution in [0.5, 0.6) is 0 Å². The molecule has 0 aromatic carbocycles. The van der Waals surface area contributed by atoms with E-state index >= 15 is 0 Å². The molecule has 2 fully saturated rings. The van der Waals surface area contributed by atoms with Gasteiger partial charge in [-0.3, -0.25) is 4.79 Å². The average molecular weight is 247 g/mol. The SMILES string of the molecule is O=C(C1CC1)N(Cc1ccoc1)C1CCCCC1. The molecule has 0 saturated heterocycles. The Hall–Kier alpha value is -1.25. The van der Waals surface area contributed by atoms with E-state index in [-0.39, 0.29) is 0 Å². The molecule has 3 nitrogen and oxygen atoms in total. The zero-order valence-corrected chi connectivity index (χ0v) is 10.8. The van der Waals surface area contributed by atoms with Gasteiger partial charge in [-0.15, -0.1) is 0 Å².